The van der Waals surface area contributed by atoms with Crippen molar-refractivity contribution in [1.82, 2.24) is 78.5 Å². The van der Waals surface area contributed by atoms with Crippen LogP contribution in [0.4, 0.5) is 22.0 Å². The molecule has 33 heteroatoms. The van der Waals surface area contributed by atoms with Crippen molar-refractivity contribution in [3.8, 4) is 0 Å². The Labute approximate surface area is 750 Å². The lowest BCUT2D eigenvalue weighted by atomic mass is 10.0. The van der Waals surface area contributed by atoms with Gasteiger partial charge in [-0.25, -0.2) is 32.8 Å². The van der Waals surface area contributed by atoms with E-state index in [0.29, 0.717) is 87.5 Å². The maximum atomic E-state index is 13.9. The minimum atomic E-state index is -4.23. The Morgan fingerprint density at radius 3 is 1.27 bits per heavy atom. The van der Waals surface area contributed by atoms with Crippen LogP contribution in [0.5, 0.6) is 0 Å². The molecule has 0 radical (unpaired) electrons. The van der Waals surface area contributed by atoms with Gasteiger partial charge in [-0.3, -0.25) is 43.9 Å². The highest BCUT2D eigenvalue weighted by atomic mass is 19.4. The van der Waals surface area contributed by atoms with Crippen molar-refractivity contribution in [1.29, 1.82) is 0 Å². The number of aromatic nitrogens is 13. The second-order valence-corrected chi connectivity index (χ2v) is 32.9. The fraction of sp³-hybridized carbons (Fsp3) is 0.316. The molecule has 28 nitrogen and oxygen atoms in total. The monoisotopic (exact) mass is 1790 g/mol. The average Bonchev–Trinajstić information content (AvgIpc) is 1.55. The maximum Gasteiger partial charge on any atom is 0.390 e. The number of pyridine rings is 5. The number of likely N-dealkylation sites (N-methyl/N-ethyl adjacent to an activating group) is 1. The predicted molar refractivity (Wildman–Crippen MR) is 484 cm³/mol. The number of morpholine rings is 2. The number of carbonyl (C=O) groups is 5. The number of aryl methyl sites for hydroxylation is 6. The number of halogens is 5. The van der Waals surface area contributed by atoms with Crippen LogP contribution in [0.2, 0.25) is 0 Å². The third-order valence-electron chi connectivity index (χ3n) is 23.5. The molecule has 131 heavy (non-hydrogen) atoms. The summed E-state index contributed by atoms with van der Waals surface area (Å²) in [5.41, 5.74) is 16.3. The summed E-state index contributed by atoms with van der Waals surface area (Å²) in [6, 6.07) is 35.3. The molecule has 5 aromatic carbocycles. The van der Waals surface area contributed by atoms with Gasteiger partial charge in [0.2, 0.25) is 0 Å². The van der Waals surface area contributed by atoms with Gasteiger partial charge in [0.05, 0.1) is 106 Å². The van der Waals surface area contributed by atoms with Crippen LogP contribution >= 0.6 is 0 Å². The molecule has 0 bridgehead atoms. The van der Waals surface area contributed by atoms with Gasteiger partial charge < -0.3 is 54.4 Å². The van der Waals surface area contributed by atoms with Crippen molar-refractivity contribution in [3.63, 3.8) is 0 Å². The highest BCUT2D eigenvalue weighted by Gasteiger charge is 2.29. The summed E-state index contributed by atoms with van der Waals surface area (Å²) in [5, 5.41) is 69.0. The lowest BCUT2D eigenvalue weighted by Crippen LogP contribution is -2.40. The molecule has 15 aromatic rings. The van der Waals surface area contributed by atoms with Crippen molar-refractivity contribution in [2.75, 3.05) is 72.7 Å². The van der Waals surface area contributed by atoms with Gasteiger partial charge in [0, 0.05) is 203 Å². The smallest absolute Gasteiger partial charge is 0.390 e. The van der Waals surface area contributed by atoms with E-state index < -0.39 is 42.4 Å². The van der Waals surface area contributed by atoms with Crippen molar-refractivity contribution in [2.45, 2.75) is 130 Å². The van der Waals surface area contributed by atoms with Crippen LogP contribution in [0.1, 0.15) is 163 Å². The standard InChI is InChI=1S/C21H23FN4O3.C20H21FN4O3.C19H17F3N2O2.C19H20N4O2.C19H20N2O2/c1-25-8-9-29-16(13-25)5-7-26-20-3-2-15(22)11-18(20)19(24-26)10-14-12-23-6-4-17(14)21(27)28;21-15-1-2-19-17(12-15)18(11-14-13-22-4-3-16(14)20(26)27)23-25(19)6-5-24-7-9-28-10-8-24;1-12-2-3-17-16(8-12)14(11-24(17)7-5-19(20,21)22)9-13-10-23-6-4-15(13)18(25)26;1-12-2-3-18-16(8-12)17(22-23(18)14-4-6-21-11-14)9-13-10-20-7-5-15(13)19(24)25;1-3-8-21-12-15(17-9-13(2)4-5-18(17)21)10-14-11-20-7-6-16(14)19(22)23/h2-4,6,11-12,16H,5,7-10,13H2,1H3,(H,27,28);1-4,12-13H,5-11H2,(H,26,27);2-4,6,8,10-11H,5,7,9H2,1H3,(H,25,26);2-3,5,7-8,10,14,21H,4,6,9,11H2,1H3,(H,24,25);4-7,9,11-12H,3,8,10H2,1-2H3,(H,22,23)/t;;;14-;/m...0./s1. The van der Waals surface area contributed by atoms with Gasteiger partial charge >= 0.3 is 36.0 Å². The number of benzene rings is 5. The number of fused-ring (bicyclic) bond motifs is 5. The van der Waals surface area contributed by atoms with E-state index in [1.165, 1.54) is 114 Å². The molecule has 0 spiro atoms. The third kappa shape index (κ3) is 23.4. The highest BCUT2D eigenvalue weighted by Crippen LogP contribution is 2.34. The first-order valence-corrected chi connectivity index (χ1v) is 43.2. The molecule has 0 saturated carbocycles. The number of ether oxygens (including phenoxy) is 2. The van der Waals surface area contributed by atoms with Gasteiger partial charge in [-0.15, -0.1) is 0 Å². The first-order chi connectivity index (χ1) is 63.1. The summed E-state index contributed by atoms with van der Waals surface area (Å²) < 4.78 is 86.5. The van der Waals surface area contributed by atoms with Crippen molar-refractivity contribution >= 4 is 84.4 Å². The zero-order chi connectivity index (χ0) is 92.6. The highest BCUT2D eigenvalue weighted by molar-refractivity contribution is 5.94. The summed E-state index contributed by atoms with van der Waals surface area (Å²) in [7, 11) is 2.08. The third-order valence-corrected chi connectivity index (χ3v) is 23.5. The van der Waals surface area contributed by atoms with Gasteiger partial charge in [0.1, 0.15) is 11.6 Å². The number of rotatable bonds is 26. The fourth-order valence-electron chi connectivity index (χ4n) is 16.9. The first kappa shape index (κ1) is 93.3. The molecular formula is C98H101F5N16O12. The number of nitrogens with zero attached hydrogens (tertiary/aromatic N) is 15. The van der Waals surface area contributed by atoms with Crippen molar-refractivity contribution < 1.29 is 80.9 Å². The van der Waals surface area contributed by atoms with Gasteiger partial charge in [-0.1, -0.05) is 41.8 Å². The Morgan fingerprint density at radius 2 is 0.855 bits per heavy atom. The molecule has 680 valence electrons. The summed E-state index contributed by atoms with van der Waals surface area (Å²) in [5.74, 6) is -5.62. The molecule has 10 aromatic heterocycles. The van der Waals surface area contributed by atoms with Crippen LogP contribution in [-0.2, 0) is 67.8 Å². The van der Waals surface area contributed by atoms with Crippen LogP contribution < -0.4 is 5.32 Å². The minimum absolute atomic E-state index is 0.133. The van der Waals surface area contributed by atoms with E-state index in [-0.39, 0.29) is 65.8 Å². The first-order valence-electron chi connectivity index (χ1n) is 43.2. The summed E-state index contributed by atoms with van der Waals surface area (Å²) in [6.45, 7) is 18.8. The van der Waals surface area contributed by atoms with Crippen LogP contribution in [0.25, 0.3) is 54.5 Å². The zero-order valence-corrected chi connectivity index (χ0v) is 73.1. The van der Waals surface area contributed by atoms with Crippen molar-refractivity contribution in [3.05, 3.63) is 308 Å². The lowest BCUT2D eigenvalue weighted by molar-refractivity contribution is -0.136. The molecule has 3 fully saturated rings. The zero-order valence-electron chi connectivity index (χ0n) is 73.1. The predicted octanol–water partition coefficient (Wildman–Crippen LogP) is 16.0. The van der Waals surface area contributed by atoms with Crippen LogP contribution in [-0.4, -0.2) is 214 Å². The second-order valence-electron chi connectivity index (χ2n) is 32.9. The fourth-order valence-corrected chi connectivity index (χ4v) is 16.9. The normalized spacial score (nSPS) is 14.7. The number of hydrogen-bond acceptors (Lipinski definition) is 18. The molecule has 3 saturated heterocycles. The summed E-state index contributed by atoms with van der Waals surface area (Å²) in [4.78, 5) is 82.1. The quantitative estimate of drug-likeness (QED) is 0.0274. The van der Waals surface area contributed by atoms with Crippen LogP contribution in [0.15, 0.2) is 196 Å². The Morgan fingerprint density at radius 1 is 0.450 bits per heavy atom. The van der Waals surface area contributed by atoms with Gasteiger partial charge in [-0.05, 0) is 196 Å². The summed E-state index contributed by atoms with van der Waals surface area (Å²) >= 11 is 0. The van der Waals surface area contributed by atoms with E-state index in [1.807, 2.05) is 28.4 Å². The van der Waals surface area contributed by atoms with E-state index in [2.05, 4.69) is 130 Å². The van der Waals surface area contributed by atoms with Crippen molar-refractivity contribution in [2.24, 2.45) is 0 Å². The topological polar surface area (TPSA) is 351 Å². The van der Waals surface area contributed by atoms with E-state index in [0.717, 1.165) is 147 Å². The van der Waals surface area contributed by atoms with Gasteiger partial charge in [0.25, 0.3) is 0 Å². The number of carboxylic acid groups (broad SMARTS) is 5. The molecule has 13 heterocycles. The number of aromatic carboxylic acids is 5. The Kier molecular flexibility index (Phi) is 30.3. The molecule has 6 N–H and O–H groups in total. The lowest BCUT2D eigenvalue weighted by Gasteiger charge is -2.30. The second kappa shape index (κ2) is 42.6. The number of carboxylic acids is 5. The number of nitrogens with one attached hydrogen (secondary N) is 1. The Hall–Kier alpha value is -13.9. The van der Waals surface area contributed by atoms with Crippen LogP contribution in [0.3, 0.4) is 0 Å². The molecule has 3 aliphatic heterocycles. The van der Waals surface area contributed by atoms with E-state index in [9.17, 15) is 71.5 Å². The molecule has 18 rings (SSSR count). The Balaban J connectivity index is 0.000000132. The number of alkyl halides is 3. The van der Waals surface area contributed by atoms with Gasteiger partial charge in [0.15, 0.2) is 0 Å². The van der Waals surface area contributed by atoms with E-state index >= 15 is 0 Å². The van der Waals surface area contributed by atoms with E-state index in [1.54, 1.807) is 53.5 Å². The minimum Gasteiger partial charge on any atom is -0.478 e. The molecule has 0 aliphatic carbocycles. The van der Waals surface area contributed by atoms with Gasteiger partial charge in [-0.2, -0.15) is 28.5 Å². The average molecular weight is 1790 g/mol. The molecular weight excluding hydrogens is 1690 g/mol. The molecule has 0 amide bonds. The number of hydrogen-bond donors (Lipinski definition) is 6. The molecule has 2 atom stereocenters. The molecule has 3 aliphatic rings. The SMILES string of the molecule is CCCn1cc(Cc2cnccc2C(=O)O)c2cc(C)ccc21.CN1CCOC(CCn2nc(Cc3cnccc3C(=O)O)c3cc(F)ccc32)C1.Cc1ccc2c(c1)c(Cc1cnccc1C(=O)O)cn2CCC(F)(F)F.Cc1ccc2c(c1)c(Cc1cnccc1C(=O)O)nn2[C@H]1CCNC1.O=C(O)c1ccncc1Cc1nn(CCN2CCOCC2)c2ccc(F)cc12. The largest absolute Gasteiger partial charge is 0.478 e. The maximum absolute atomic E-state index is 13.9. The molecule has 1 unspecified atom stereocenters. The summed E-state index contributed by atoms with van der Waals surface area (Å²) in [6.07, 6.45) is 18.7. The van der Waals surface area contributed by atoms with Crippen LogP contribution in [0, 0.1) is 32.4 Å². The van der Waals surface area contributed by atoms with E-state index in [4.69, 9.17) is 14.6 Å². The Bertz CT molecular complexity index is 6630.